The minimum Gasteiger partial charge on any atom is -0.316 e. The van der Waals surface area contributed by atoms with Crippen LogP contribution in [0.5, 0.6) is 0 Å². The Bertz CT molecular complexity index is 465. The van der Waals surface area contributed by atoms with E-state index in [1.54, 1.807) is 6.07 Å². The molecule has 2 aliphatic heterocycles. The summed E-state index contributed by atoms with van der Waals surface area (Å²) in [5, 5.41) is 3.48. The number of hydrogen-bond donors (Lipinski definition) is 1. The maximum atomic E-state index is 14.0. The van der Waals surface area contributed by atoms with Crippen molar-refractivity contribution in [2.24, 2.45) is 11.8 Å². The van der Waals surface area contributed by atoms with Gasteiger partial charge in [0.1, 0.15) is 5.82 Å². The van der Waals surface area contributed by atoms with E-state index in [0.29, 0.717) is 6.04 Å². The number of rotatable bonds is 3. The third-order valence-electron chi connectivity index (χ3n) is 4.63. The highest BCUT2D eigenvalue weighted by atomic mass is 79.9. The maximum absolute atomic E-state index is 14.0. The molecule has 2 fully saturated rings. The van der Waals surface area contributed by atoms with Gasteiger partial charge in [0.25, 0.3) is 0 Å². The topological polar surface area (TPSA) is 15.3 Å². The van der Waals surface area contributed by atoms with Crippen LogP contribution >= 0.6 is 15.9 Å². The molecule has 3 unspecified atom stereocenters. The highest BCUT2D eigenvalue weighted by molar-refractivity contribution is 9.10. The van der Waals surface area contributed by atoms with Crippen LogP contribution in [0.2, 0.25) is 0 Å². The number of benzene rings is 1. The second-order valence-corrected chi connectivity index (χ2v) is 6.64. The first-order valence-electron chi connectivity index (χ1n) is 7.07. The lowest BCUT2D eigenvalue weighted by molar-refractivity contribution is 0.208. The van der Waals surface area contributed by atoms with E-state index in [1.165, 1.54) is 0 Å². The molecule has 0 aliphatic carbocycles. The lowest BCUT2D eigenvalue weighted by atomic mass is 9.93. The van der Waals surface area contributed by atoms with Crippen LogP contribution in [0.15, 0.2) is 22.7 Å². The third kappa shape index (κ3) is 2.58. The van der Waals surface area contributed by atoms with Crippen LogP contribution in [0.3, 0.4) is 0 Å². The molecule has 3 rings (SSSR count). The van der Waals surface area contributed by atoms with Crippen molar-refractivity contribution >= 4 is 15.9 Å². The van der Waals surface area contributed by atoms with Crippen molar-refractivity contribution in [3.05, 3.63) is 34.1 Å². The average molecular weight is 327 g/mol. The first kappa shape index (κ1) is 13.5. The van der Waals surface area contributed by atoms with Gasteiger partial charge in [-0.05, 0) is 43.5 Å². The van der Waals surface area contributed by atoms with Crippen LogP contribution in [0.1, 0.15) is 18.9 Å². The molecule has 0 amide bonds. The molecule has 4 heteroatoms. The van der Waals surface area contributed by atoms with Crippen molar-refractivity contribution < 1.29 is 4.39 Å². The molecule has 2 saturated heterocycles. The third-order valence-corrected chi connectivity index (χ3v) is 5.12. The van der Waals surface area contributed by atoms with Crippen molar-refractivity contribution in [3.8, 4) is 0 Å². The van der Waals surface area contributed by atoms with Gasteiger partial charge in [0, 0.05) is 29.2 Å². The fraction of sp³-hybridized carbons (Fsp3) is 0.600. The van der Waals surface area contributed by atoms with Gasteiger partial charge in [-0.1, -0.05) is 28.9 Å². The van der Waals surface area contributed by atoms with Gasteiger partial charge in [0.05, 0.1) is 0 Å². The SMILES string of the molecule is CCC1C2CNCC2CN1Cc1ccc(Br)cc1F. The van der Waals surface area contributed by atoms with Crippen LogP contribution < -0.4 is 5.32 Å². The second-order valence-electron chi connectivity index (χ2n) is 5.72. The van der Waals surface area contributed by atoms with Gasteiger partial charge in [0.2, 0.25) is 0 Å². The predicted octanol–water partition coefficient (Wildman–Crippen LogP) is 3.02. The molecule has 1 aromatic rings. The van der Waals surface area contributed by atoms with Crippen molar-refractivity contribution in [2.75, 3.05) is 19.6 Å². The number of fused-ring (bicyclic) bond motifs is 1. The van der Waals surface area contributed by atoms with E-state index < -0.39 is 0 Å². The van der Waals surface area contributed by atoms with Gasteiger partial charge in [-0.15, -0.1) is 0 Å². The standard InChI is InChI=1S/C15H20BrFN2/c1-2-15-13-7-18-6-11(13)9-19(15)8-10-3-4-12(16)5-14(10)17/h3-5,11,13,15,18H,2,6-9H2,1H3. The molecule has 0 bridgehead atoms. The molecule has 19 heavy (non-hydrogen) atoms. The normalized spacial score (nSPS) is 30.8. The van der Waals surface area contributed by atoms with Gasteiger partial charge >= 0.3 is 0 Å². The molecule has 2 heterocycles. The highest BCUT2D eigenvalue weighted by Crippen LogP contribution is 2.35. The predicted molar refractivity (Wildman–Crippen MR) is 78.4 cm³/mol. The van der Waals surface area contributed by atoms with Crippen LogP contribution in [0, 0.1) is 17.7 Å². The minimum absolute atomic E-state index is 0.0978. The Morgan fingerprint density at radius 1 is 1.42 bits per heavy atom. The Morgan fingerprint density at radius 3 is 3.00 bits per heavy atom. The molecular formula is C15H20BrFN2. The fourth-order valence-electron chi connectivity index (χ4n) is 3.72. The highest BCUT2D eigenvalue weighted by Gasteiger charge is 2.42. The molecule has 0 aromatic heterocycles. The molecule has 1 N–H and O–H groups in total. The molecule has 2 aliphatic rings. The lowest BCUT2D eigenvalue weighted by Crippen LogP contribution is -2.34. The van der Waals surface area contributed by atoms with Crippen molar-refractivity contribution in [1.29, 1.82) is 0 Å². The molecule has 104 valence electrons. The van der Waals surface area contributed by atoms with E-state index in [-0.39, 0.29) is 5.82 Å². The smallest absolute Gasteiger partial charge is 0.128 e. The molecule has 0 saturated carbocycles. The second kappa shape index (κ2) is 5.51. The van der Waals surface area contributed by atoms with Crippen molar-refractivity contribution in [2.45, 2.75) is 25.9 Å². The van der Waals surface area contributed by atoms with Crippen LogP contribution in [0.4, 0.5) is 4.39 Å². The largest absolute Gasteiger partial charge is 0.316 e. The zero-order valence-corrected chi connectivity index (χ0v) is 12.8. The van der Waals surface area contributed by atoms with Crippen LogP contribution in [0.25, 0.3) is 0 Å². The van der Waals surface area contributed by atoms with E-state index >= 15 is 0 Å². The number of nitrogens with one attached hydrogen (secondary N) is 1. The molecular weight excluding hydrogens is 307 g/mol. The summed E-state index contributed by atoms with van der Waals surface area (Å²) in [5.74, 6) is 1.41. The van der Waals surface area contributed by atoms with Crippen molar-refractivity contribution in [3.63, 3.8) is 0 Å². The van der Waals surface area contributed by atoms with Crippen LogP contribution in [-0.4, -0.2) is 30.6 Å². The number of halogens is 2. The van der Waals surface area contributed by atoms with Gasteiger partial charge in [0.15, 0.2) is 0 Å². The number of nitrogens with zero attached hydrogens (tertiary/aromatic N) is 1. The zero-order valence-electron chi connectivity index (χ0n) is 11.2. The molecule has 0 radical (unpaired) electrons. The quantitative estimate of drug-likeness (QED) is 0.918. The molecule has 2 nitrogen and oxygen atoms in total. The minimum atomic E-state index is -0.0978. The Hall–Kier alpha value is -0.450. The summed E-state index contributed by atoms with van der Waals surface area (Å²) in [6.07, 6.45) is 1.15. The summed E-state index contributed by atoms with van der Waals surface area (Å²) in [7, 11) is 0. The first-order valence-corrected chi connectivity index (χ1v) is 7.87. The van der Waals surface area contributed by atoms with E-state index in [2.05, 4.69) is 33.1 Å². The van der Waals surface area contributed by atoms with E-state index in [4.69, 9.17) is 0 Å². The molecule has 1 aromatic carbocycles. The maximum Gasteiger partial charge on any atom is 0.128 e. The van der Waals surface area contributed by atoms with E-state index in [1.807, 2.05) is 12.1 Å². The summed E-state index contributed by atoms with van der Waals surface area (Å²) in [6.45, 7) is 6.34. The molecule has 0 spiro atoms. The Balaban J connectivity index is 1.76. The van der Waals surface area contributed by atoms with Gasteiger partial charge in [-0.3, -0.25) is 4.90 Å². The summed E-state index contributed by atoms with van der Waals surface area (Å²) in [4.78, 5) is 2.47. The van der Waals surface area contributed by atoms with Gasteiger partial charge < -0.3 is 5.32 Å². The fourth-order valence-corrected chi connectivity index (χ4v) is 4.06. The van der Waals surface area contributed by atoms with Crippen molar-refractivity contribution in [1.82, 2.24) is 10.2 Å². The lowest BCUT2D eigenvalue weighted by Gasteiger charge is -2.27. The number of likely N-dealkylation sites (tertiary alicyclic amines) is 1. The summed E-state index contributed by atoms with van der Waals surface area (Å²) >= 11 is 3.31. The first-order chi connectivity index (χ1) is 9.19. The monoisotopic (exact) mass is 326 g/mol. The summed E-state index contributed by atoms with van der Waals surface area (Å²) in [5.41, 5.74) is 0.814. The average Bonchev–Trinajstić information content (AvgIpc) is 2.92. The van der Waals surface area contributed by atoms with Gasteiger partial charge in [-0.25, -0.2) is 4.39 Å². The Kier molecular flexibility index (Phi) is 3.92. The summed E-state index contributed by atoms with van der Waals surface area (Å²) in [6, 6.07) is 5.99. The zero-order chi connectivity index (χ0) is 13.4. The van der Waals surface area contributed by atoms with E-state index in [0.717, 1.165) is 54.5 Å². The summed E-state index contributed by atoms with van der Waals surface area (Å²) < 4.78 is 14.8. The van der Waals surface area contributed by atoms with Crippen LogP contribution in [-0.2, 0) is 6.54 Å². The Labute approximate surface area is 122 Å². The molecule has 3 atom stereocenters. The Morgan fingerprint density at radius 2 is 2.26 bits per heavy atom. The van der Waals surface area contributed by atoms with Gasteiger partial charge in [-0.2, -0.15) is 0 Å². The van der Waals surface area contributed by atoms with E-state index in [9.17, 15) is 4.39 Å². The number of hydrogen-bond acceptors (Lipinski definition) is 2.